The zero-order valence-electron chi connectivity index (χ0n) is 20.5. The number of nitrogens with zero attached hydrogens (tertiary/aromatic N) is 2. The smallest absolute Gasteiger partial charge is 0.311 e. The number of fused-ring (bicyclic) bond motifs is 1. The molecule has 180 valence electrons. The number of hydrogen-bond donors (Lipinski definition) is 3. The van der Waals surface area contributed by atoms with E-state index < -0.39 is 5.54 Å². The van der Waals surface area contributed by atoms with Gasteiger partial charge in [-0.15, -0.1) is 0 Å². The molecule has 0 aromatic heterocycles. The van der Waals surface area contributed by atoms with Gasteiger partial charge >= 0.3 is 6.03 Å². The quantitative estimate of drug-likeness (QED) is 0.320. The van der Waals surface area contributed by atoms with Crippen molar-refractivity contribution in [3.05, 3.63) is 0 Å². The van der Waals surface area contributed by atoms with Crippen LogP contribution in [0.25, 0.3) is 0 Å². The molecule has 0 aromatic carbocycles. The summed E-state index contributed by atoms with van der Waals surface area (Å²) in [6.07, 6.45) is 15.8. The lowest BCUT2D eigenvalue weighted by molar-refractivity contribution is -0.137. The van der Waals surface area contributed by atoms with E-state index in [9.17, 15) is 9.59 Å². The van der Waals surface area contributed by atoms with Crippen LogP contribution in [0.2, 0.25) is 0 Å². The molecule has 2 aliphatic rings. The molecule has 0 radical (unpaired) electrons. The summed E-state index contributed by atoms with van der Waals surface area (Å²) in [5, 5.41) is 9.75. The Morgan fingerprint density at radius 1 is 0.935 bits per heavy atom. The summed E-state index contributed by atoms with van der Waals surface area (Å²) in [4.78, 5) is 29.2. The Kier molecular flexibility index (Phi) is 11.3. The van der Waals surface area contributed by atoms with Crippen molar-refractivity contribution in [3.63, 3.8) is 0 Å². The topological polar surface area (TPSA) is 76.7 Å². The van der Waals surface area contributed by atoms with Crippen LogP contribution in [0.1, 0.15) is 97.3 Å². The standard InChI is InChI=1S/C24H47N5O2/c1-5-7-9-10-11-12-13-14-16-18-25-20(17-15-8-6-2)24-21(26-19-28(24)3)29(4)23(31)27-22(24)30/h20-21,25-26H,5-19H2,1-4H3,(H,27,30,31). The molecule has 0 aliphatic carbocycles. The first-order valence-corrected chi connectivity index (χ1v) is 12.8. The van der Waals surface area contributed by atoms with Gasteiger partial charge in [-0.1, -0.05) is 84.5 Å². The van der Waals surface area contributed by atoms with Crippen molar-refractivity contribution in [3.8, 4) is 0 Å². The summed E-state index contributed by atoms with van der Waals surface area (Å²) in [5.74, 6) is -0.172. The summed E-state index contributed by atoms with van der Waals surface area (Å²) in [5.41, 5.74) is -0.768. The van der Waals surface area contributed by atoms with Gasteiger partial charge in [0.2, 0.25) is 0 Å². The summed E-state index contributed by atoms with van der Waals surface area (Å²) >= 11 is 0. The zero-order chi connectivity index (χ0) is 22.7. The highest BCUT2D eigenvalue weighted by Gasteiger charge is 2.62. The fraction of sp³-hybridized carbons (Fsp3) is 0.917. The summed E-state index contributed by atoms with van der Waals surface area (Å²) in [7, 11) is 3.76. The van der Waals surface area contributed by atoms with Crippen molar-refractivity contribution in [2.75, 3.05) is 27.3 Å². The molecule has 2 heterocycles. The molecule has 3 atom stereocenters. The van der Waals surface area contributed by atoms with Gasteiger partial charge in [-0.2, -0.15) is 0 Å². The van der Waals surface area contributed by atoms with Crippen LogP contribution in [0.15, 0.2) is 0 Å². The Morgan fingerprint density at radius 3 is 2.16 bits per heavy atom. The molecule has 0 spiro atoms. The minimum atomic E-state index is -0.768. The maximum Gasteiger partial charge on any atom is 0.325 e. The fourth-order valence-electron chi connectivity index (χ4n) is 5.25. The van der Waals surface area contributed by atoms with Crippen LogP contribution < -0.4 is 16.0 Å². The van der Waals surface area contributed by atoms with Gasteiger partial charge in [-0.3, -0.25) is 20.3 Å². The third-order valence-electron chi connectivity index (χ3n) is 7.16. The Morgan fingerprint density at radius 2 is 1.52 bits per heavy atom. The van der Waals surface area contributed by atoms with E-state index in [-0.39, 0.29) is 24.1 Å². The number of carbonyl (C=O) groups excluding carboxylic acids is 2. The predicted molar refractivity (Wildman–Crippen MR) is 127 cm³/mol. The molecule has 0 aromatic rings. The minimum Gasteiger partial charge on any atom is -0.311 e. The van der Waals surface area contributed by atoms with E-state index in [0.717, 1.165) is 38.6 Å². The molecule has 3 unspecified atom stereocenters. The second-order valence-corrected chi connectivity index (χ2v) is 9.49. The molecule has 31 heavy (non-hydrogen) atoms. The lowest BCUT2D eigenvalue weighted by Gasteiger charge is -2.49. The second-order valence-electron chi connectivity index (χ2n) is 9.49. The number of nitrogens with one attached hydrogen (secondary N) is 3. The molecular weight excluding hydrogens is 390 g/mol. The average molecular weight is 438 g/mol. The van der Waals surface area contributed by atoms with Crippen LogP contribution in [0, 0.1) is 0 Å². The third kappa shape index (κ3) is 6.42. The number of hydrogen-bond acceptors (Lipinski definition) is 5. The normalized spacial score (nSPS) is 25.0. The number of carbonyl (C=O) groups is 2. The third-order valence-corrected chi connectivity index (χ3v) is 7.16. The van der Waals surface area contributed by atoms with Crippen molar-refractivity contribution in [2.45, 2.75) is 115 Å². The average Bonchev–Trinajstić information content (AvgIpc) is 3.10. The maximum atomic E-state index is 13.2. The van der Waals surface area contributed by atoms with Gasteiger partial charge in [-0.05, 0) is 26.4 Å². The number of imide groups is 1. The predicted octanol–water partition coefficient (Wildman–Crippen LogP) is 3.79. The van der Waals surface area contributed by atoms with Crippen molar-refractivity contribution in [1.82, 2.24) is 25.8 Å². The van der Waals surface area contributed by atoms with Crippen LogP contribution >= 0.6 is 0 Å². The molecule has 7 heteroatoms. The van der Waals surface area contributed by atoms with Crippen LogP contribution in [-0.4, -0.2) is 66.8 Å². The lowest BCUT2D eigenvalue weighted by atomic mass is 9.80. The van der Waals surface area contributed by atoms with E-state index >= 15 is 0 Å². The van der Waals surface area contributed by atoms with Gasteiger partial charge in [0.05, 0.1) is 6.67 Å². The molecule has 2 saturated heterocycles. The van der Waals surface area contributed by atoms with E-state index in [1.54, 1.807) is 11.9 Å². The van der Waals surface area contributed by atoms with Crippen LogP contribution in [0.4, 0.5) is 4.79 Å². The molecular formula is C24H47N5O2. The summed E-state index contributed by atoms with van der Waals surface area (Å²) < 4.78 is 0. The van der Waals surface area contributed by atoms with E-state index in [4.69, 9.17) is 0 Å². The molecule has 2 rings (SSSR count). The van der Waals surface area contributed by atoms with Crippen molar-refractivity contribution >= 4 is 11.9 Å². The van der Waals surface area contributed by atoms with Crippen molar-refractivity contribution in [2.24, 2.45) is 0 Å². The van der Waals surface area contributed by atoms with Crippen LogP contribution in [-0.2, 0) is 4.79 Å². The van der Waals surface area contributed by atoms with E-state index in [1.165, 1.54) is 51.4 Å². The lowest BCUT2D eigenvalue weighted by Crippen LogP contribution is -2.78. The Balaban J connectivity index is 1.91. The van der Waals surface area contributed by atoms with Gasteiger partial charge in [0.1, 0.15) is 6.17 Å². The number of urea groups is 1. The van der Waals surface area contributed by atoms with Gasteiger partial charge in [0.25, 0.3) is 5.91 Å². The number of rotatable bonds is 16. The highest BCUT2D eigenvalue weighted by Crippen LogP contribution is 2.34. The molecule has 2 aliphatic heterocycles. The van der Waals surface area contributed by atoms with Crippen molar-refractivity contribution < 1.29 is 9.59 Å². The molecule has 0 bridgehead atoms. The van der Waals surface area contributed by atoms with E-state index in [2.05, 4.69) is 34.7 Å². The zero-order valence-corrected chi connectivity index (χ0v) is 20.5. The SMILES string of the molecule is CCCCCCCCCCCNC(CCCCC)C12C(=O)NC(=O)N(C)C1NCN2C. The van der Waals surface area contributed by atoms with Gasteiger partial charge < -0.3 is 10.2 Å². The first-order valence-electron chi connectivity index (χ1n) is 12.8. The molecule has 0 saturated carbocycles. The van der Waals surface area contributed by atoms with Crippen molar-refractivity contribution in [1.29, 1.82) is 0 Å². The Hall–Kier alpha value is -1.18. The highest BCUT2D eigenvalue weighted by molar-refractivity contribution is 6.03. The fourth-order valence-corrected chi connectivity index (χ4v) is 5.25. The molecule has 7 nitrogen and oxygen atoms in total. The van der Waals surface area contributed by atoms with Gasteiger partial charge in [0.15, 0.2) is 5.54 Å². The summed E-state index contributed by atoms with van der Waals surface area (Å²) in [6, 6.07) is -0.312. The highest BCUT2D eigenvalue weighted by atomic mass is 16.2. The monoisotopic (exact) mass is 437 g/mol. The second kappa shape index (κ2) is 13.4. The maximum absolute atomic E-state index is 13.2. The largest absolute Gasteiger partial charge is 0.325 e. The van der Waals surface area contributed by atoms with E-state index in [1.807, 2.05) is 7.05 Å². The number of likely N-dealkylation sites (N-methyl/N-ethyl adjacent to an activating group) is 2. The Labute approximate surface area is 190 Å². The van der Waals surface area contributed by atoms with Crippen LogP contribution in [0.3, 0.4) is 0 Å². The number of unbranched alkanes of at least 4 members (excludes halogenated alkanes) is 10. The number of amides is 3. The molecule has 3 N–H and O–H groups in total. The van der Waals surface area contributed by atoms with Gasteiger partial charge in [0, 0.05) is 13.1 Å². The minimum absolute atomic E-state index is 0.00800. The van der Waals surface area contributed by atoms with Gasteiger partial charge in [-0.25, -0.2) is 4.79 Å². The summed E-state index contributed by atoms with van der Waals surface area (Å²) in [6.45, 7) is 5.98. The first-order chi connectivity index (χ1) is 15.0. The van der Waals surface area contributed by atoms with Crippen LogP contribution in [0.5, 0.6) is 0 Å². The van der Waals surface area contributed by atoms with E-state index in [0.29, 0.717) is 6.67 Å². The Bertz CT molecular complexity index is 558. The molecule has 2 fully saturated rings. The first kappa shape index (κ1) is 26.1. The molecule has 3 amide bonds.